The summed E-state index contributed by atoms with van der Waals surface area (Å²) >= 11 is 7.43. The van der Waals surface area contributed by atoms with E-state index < -0.39 is 0 Å². The van der Waals surface area contributed by atoms with Crippen LogP contribution in [0.4, 0.5) is 0 Å². The molecule has 128 valence electrons. The molecule has 4 rings (SSSR count). The number of ether oxygens (including phenoxy) is 2. The minimum atomic E-state index is 0.00465. The molecule has 2 aromatic carbocycles. The lowest BCUT2D eigenvalue weighted by Gasteiger charge is -2.26. The van der Waals surface area contributed by atoms with Crippen molar-refractivity contribution in [2.75, 3.05) is 13.2 Å². The molecule has 0 radical (unpaired) electrons. The number of amides is 1. The summed E-state index contributed by atoms with van der Waals surface area (Å²) in [6.07, 6.45) is 0.344. The van der Waals surface area contributed by atoms with Gasteiger partial charge in [-0.05, 0) is 35.9 Å². The molecule has 1 fully saturated rings. The molecule has 0 saturated carbocycles. The smallest absolute Gasteiger partial charge is 0.279 e. The fraction of sp³-hybridized carbons (Fsp3) is 0.222. The van der Waals surface area contributed by atoms with Crippen molar-refractivity contribution in [3.63, 3.8) is 0 Å². The van der Waals surface area contributed by atoms with Gasteiger partial charge in [-0.1, -0.05) is 35.1 Å². The number of nitrogens with zero attached hydrogens (tertiary/aromatic N) is 1. The van der Waals surface area contributed by atoms with Gasteiger partial charge in [0.25, 0.3) is 5.19 Å². The number of nitrogens with one attached hydrogen (secondary N) is 1. The highest BCUT2D eigenvalue weighted by molar-refractivity contribution is 7.20. The van der Waals surface area contributed by atoms with Crippen LogP contribution in [-0.4, -0.2) is 30.1 Å². The highest BCUT2D eigenvalue weighted by Crippen LogP contribution is 2.32. The topological polar surface area (TPSA) is 60.5 Å². The zero-order valence-electron chi connectivity index (χ0n) is 13.2. The van der Waals surface area contributed by atoms with Crippen LogP contribution in [0.5, 0.6) is 10.9 Å². The third kappa shape index (κ3) is 3.92. The molecule has 1 aliphatic heterocycles. The molecule has 0 aliphatic carbocycles. The van der Waals surface area contributed by atoms with Crippen molar-refractivity contribution in [3.8, 4) is 10.9 Å². The van der Waals surface area contributed by atoms with Crippen molar-refractivity contribution in [2.45, 2.75) is 12.5 Å². The standard InChI is InChI=1S/C18H15ClN2O3S/c19-12-3-6-15-16(8-12)25-18(21-15)24-14-4-1-11(2-5-14)7-17(22)20-13-9-23-10-13/h1-6,8,13H,7,9-10H2,(H,20,22). The summed E-state index contributed by atoms with van der Waals surface area (Å²) in [5.74, 6) is 0.687. The summed E-state index contributed by atoms with van der Waals surface area (Å²) in [5.41, 5.74) is 1.79. The molecule has 1 aromatic heterocycles. The van der Waals surface area contributed by atoms with Gasteiger partial charge in [0.15, 0.2) is 0 Å². The highest BCUT2D eigenvalue weighted by atomic mass is 35.5. The summed E-state index contributed by atoms with van der Waals surface area (Å²) in [6.45, 7) is 1.21. The lowest BCUT2D eigenvalue weighted by atomic mass is 10.1. The Morgan fingerprint density at radius 2 is 2.08 bits per heavy atom. The first-order valence-electron chi connectivity index (χ1n) is 7.86. The largest absolute Gasteiger partial charge is 0.431 e. The minimum absolute atomic E-state index is 0.00465. The average Bonchev–Trinajstić information content (AvgIpc) is 2.94. The van der Waals surface area contributed by atoms with E-state index in [4.69, 9.17) is 21.1 Å². The van der Waals surface area contributed by atoms with Gasteiger partial charge < -0.3 is 14.8 Å². The van der Waals surface area contributed by atoms with Gasteiger partial charge in [0.2, 0.25) is 5.91 Å². The SMILES string of the molecule is O=C(Cc1ccc(Oc2nc3ccc(Cl)cc3s2)cc1)NC1COC1. The number of thiazole rings is 1. The van der Waals surface area contributed by atoms with Crippen molar-refractivity contribution in [1.29, 1.82) is 0 Å². The van der Waals surface area contributed by atoms with Gasteiger partial charge >= 0.3 is 0 Å². The van der Waals surface area contributed by atoms with Crippen molar-refractivity contribution in [2.24, 2.45) is 0 Å². The Kier molecular flexibility index (Phi) is 4.57. The molecule has 3 aromatic rings. The van der Waals surface area contributed by atoms with Crippen LogP contribution in [0, 0.1) is 0 Å². The maximum absolute atomic E-state index is 11.9. The van der Waals surface area contributed by atoms with Crippen molar-refractivity contribution in [3.05, 3.63) is 53.1 Å². The van der Waals surface area contributed by atoms with E-state index in [0.717, 1.165) is 15.8 Å². The number of benzene rings is 2. The Balaban J connectivity index is 1.39. The van der Waals surface area contributed by atoms with Gasteiger partial charge in [-0.2, -0.15) is 0 Å². The van der Waals surface area contributed by atoms with E-state index in [9.17, 15) is 4.79 Å². The summed E-state index contributed by atoms with van der Waals surface area (Å²) in [4.78, 5) is 16.3. The van der Waals surface area contributed by atoms with Gasteiger partial charge in [-0.15, -0.1) is 0 Å². The lowest BCUT2D eigenvalue weighted by Crippen LogP contribution is -2.49. The third-order valence-electron chi connectivity index (χ3n) is 3.83. The Labute approximate surface area is 153 Å². The molecule has 7 heteroatoms. The van der Waals surface area contributed by atoms with Crippen LogP contribution < -0.4 is 10.1 Å². The molecular formula is C18H15ClN2O3S. The number of carbonyl (C=O) groups excluding carboxylic acids is 1. The second-order valence-corrected chi connectivity index (χ2v) is 7.25. The molecule has 2 heterocycles. The van der Waals surface area contributed by atoms with Crippen LogP contribution >= 0.6 is 22.9 Å². The second kappa shape index (κ2) is 7.00. The monoisotopic (exact) mass is 374 g/mol. The van der Waals surface area contributed by atoms with Gasteiger partial charge in [-0.25, -0.2) is 4.98 Å². The summed E-state index contributed by atoms with van der Waals surface area (Å²) in [7, 11) is 0. The first kappa shape index (κ1) is 16.3. The van der Waals surface area contributed by atoms with E-state index in [1.165, 1.54) is 11.3 Å². The second-order valence-electron chi connectivity index (χ2n) is 5.82. The maximum Gasteiger partial charge on any atom is 0.279 e. The van der Waals surface area contributed by atoms with Gasteiger partial charge in [0.05, 0.1) is 35.9 Å². The molecule has 0 unspecified atom stereocenters. The molecule has 0 bridgehead atoms. The average molecular weight is 375 g/mol. The van der Waals surface area contributed by atoms with Crippen LogP contribution in [0.1, 0.15) is 5.56 Å². The molecule has 0 atom stereocenters. The van der Waals surface area contributed by atoms with E-state index in [1.54, 1.807) is 0 Å². The predicted molar refractivity (Wildman–Crippen MR) is 97.6 cm³/mol. The summed E-state index contributed by atoms with van der Waals surface area (Å²) in [6, 6.07) is 13.2. The van der Waals surface area contributed by atoms with Crippen molar-refractivity contribution < 1.29 is 14.3 Å². The zero-order chi connectivity index (χ0) is 17.2. The Morgan fingerprint density at radius 1 is 1.28 bits per heavy atom. The number of carbonyl (C=O) groups is 1. The fourth-order valence-electron chi connectivity index (χ4n) is 2.48. The Hall–Kier alpha value is -2.15. The molecule has 1 aliphatic rings. The normalized spacial score (nSPS) is 14.3. The zero-order valence-corrected chi connectivity index (χ0v) is 14.8. The molecule has 0 spiro atoms. The van der Waals surface area contributed by atoms with Crippen LogP contribution in [0.3, 0.4) is 0 Å². The van der Waals surface area contributed by atoms with E-state index in [1.807, 2.05) is 42.5 Å². The number of fused-ring (bicyclic) bond motifs is 1. The molecule has 25 heavy (non-hydrogen) atoms. The van der Waals surface area contributed by atoms with Gasteiger partial charge in [-0.3, -0.25) is 4.79 Å². The summed E-state index contributed by atoms with van der Waals surface area (Å²) in [5, 5.41) is 4.17. The number of hydrogen-bond donors (Lipinski definition) is 1. The lowest BCUT2D eigenvalue weighted by molar-refractivity contribution is -0.124. The van der Waals surface area contributed by atoms with Crippen LogP contribution in [0.15, 0.2) is 42.5 Å². The molecule has 5 nitrogen and oxygen atoms in total. The highest BCUT2D eigenvalue weighted by Gasteiger charge is 2.20. The van der Waals surface area contributed by atoms with Crippen LogP contribution in [0.2, 0.25) is 5.02 Å². The Morgan fingerprint density at radius 3 is 2.80 bits per heavy atom. The third-order valence-corrected chi connectivity index (χ3v) is 4.96. The first-order chi connectivity index (χ1) is 12.2. The number of hydrogen-bond acceptors (Lipinski definition) is 5. The van der Waals surface area contributed by atoms with E-state index in [0.29, 0.717) is 35.6 Å². The fourth-order valence-corrected chi connectivity index (χ4v) is 3.59. The predicted octanol–water partition coefficient (Wildman–Crippen LogP) is 3.80. The van der Waals surface area contributed by atoms with Crippen LogP contribution in [0.25, 0.3) is 10.2 Å². The Bertz CT molecular complexity index is 906. The first-order valence-corrected chi connectivity index (χ1v) is 9.05. The van der Waals surface area contributed by atoms with Crippen LogP contribution in [-0.2, 0) is 16.0 Å². The molecule has 1 saturated heterocycles. The molecular weight excluding hydrogens is 360 g/mol. The van der Waals surface area contributed by atoms with Crippen molar-refractivity contribution in [1.82, 2.24) is 10.3 Å². The quantitative estimate of drug-likeness (QED) is 0.738. The van der Waals surface area contributed by atoms with Crippen molar-refractivity contribution >= 4 is 39.1 Å². The van der Waals surface area contributed by atoms with E-state index in [2.05, 4.69) is 10.3 Å². The van der Waals surface area contributed by atoms with E-state index >= 15 is 0 Å². The molecule has 1 N–H and O–H groups in total. The summed E-state index contributed by atoms with van der Waals surface area (Å²) < 4.78 is 11.8. The van der Waals surface area contributed by atoms with Gasteiger partial charge in [0.1, 0.15) is 5.75 Å². The van der Waals surface area contributed by atoms with Gasteiger partial charge in [0, 0.05) is 5.02 Å². The minimum Gasteiger partial charge on any atom is -0.431 e. The number of aromatic nitrogens is 1. The molecule has 1 amide bonds. The number of halogens is 1. The number of rotatable bonds is 5. The van der Waals surface area contributed by atoms with E-state index in [-0.39, 0.29) is 11.9 Å². The maximum atomic E-state index is 11.9.